The molecule has 0 aliphatic heterocycles. The van der Waals surface area contributed by atoms with Crippen LogP contribution in [0.5, 0.6) is 0 Å². The lowest BCUT2D eigenvalue weighted by Crippen LogP contribution is -2.14. The molecule has 0 unspecified atom stereocenters. The van der Waals surface area contributed by atoms with Gasteiger partial charge < -0.3 is 5.32 Å². The van der Waals surface area contributed by atoms with Crippen molar-refractivity contribution in [3.05, 3.63) is 58.1 Å². The van der Waals surface area contributed by atoms with Crippen molar-refractivity contribution in [2.24, 2.45) is 0 Å². The van der Waals surface area contributed by atoms with Crippen molar-refractivity contribution in [2.45, 2.75) is 25.3 Å². The van der Waals surface area contributed by atoms with Gasteiger partial charge in [-0.15, -0.1) is 5.10 Å². The Bertz CT molecular complexity index is 950. The zero-order chi connectivity index (χ0) is 18.1. The summed E-state index contributed by atoms with van der Waals surface area (Å²) >= 11 is 11.9. The number of hydrogen-bond acceptors (Lipinski definition) is 4. The molecular weight excluding hydrogens is 373 g/mol. The minimum atomic E-state index is -0.126. The number of carbonyl (C=O) groups excluding carboxylic acids is 1. The summed E-state index contributed by atoms with van der Waals surface area (Å²) in [7, 11) is 0. The lowest BCUT2D eigenvalue weighted by molar-refractivity contribution is -0.115. The maximum Gasteiger partial charge on any atom is 0.228 e. The van der Waals surface area contributed by atoms with Gasteiger partial charge in [0.25, 0.3) is 0 Å². The van der Waals surface area contributed by atoms with Crippen LogP contribution in [-0.2, 0) is 11.2 Å². The van der Waals surface area contributed by atoms with E-state index < -0.39 is 0 Å². The van der Waals surface area contributed by atoms with Crippen LogP contribution in [0.4, 0.5) is 5.69 Å². The van der Waals surface area contributed by atoms with E-state index in [1.165, 1.54) is 0 Å². The first kappa shape index (κ1) is 17.0. The van der Waals surface area contributed by atoms with Gasteiger partial charge in [0.15, 0.2) is 5.82 Å². The highest BCUT2D eigenvalue weighted by Crippen LogP contribution is 2.36. The fraction of sp³-hybridized carbons (Fsp3) is 0.222. The van der Waals surface area contributed by atoms with Crippen LogP contribution in [0.15, 0.2) is 42.5 Å². The van der Waals surface area contributed by atoms with E-state index in [1.807, 2.05) is 28.9 Å². The number of amides is 1. The number of hydrogen-bond donors (Lipinski definition) is 1. The largest absolute Gasteiger partial charge is 0.326 e. The SMILES string of the molecule is O=C(Cc1ccc(Cl)c(Cl)c1)Nc1ccc(-c2nnnn2C2CC2)cc1. The molecule has 1 saturated carbocycles. The van der Waals surface area contributed by atoms with Crippen molar-refractivity contribution < 1.29 is 4.79 Å². The van der Waals surface area contributed by atoms with E-state index in [0.29, 0.717) is 21.8 Å². The first-order valence-corrected chi connectivity index (χ1v) is 8.98. The fourth-order valence-electron chi connectivity index (χ4n) is 2.69. The minimum absolute atomic E-state index is 0.126. The van der Waals surface area contributed by atoms with E-state index in [2.05, 4.69) is 20.8 Å². The van der Waals surface area contributed by atoms with Gasteiger partial charge in [0.2, 0.25) is 5.91 Å². The number of aromatic nitrogens is 4. The molecule has 3 aromatic rings. The topological polar surface area (TPSA) is 72.7 Å². The zero-order valence-electron chi connectivity index (χ0n) is 13.7. The predicted octanol–water partition coefficient (Wildman–Crippen LogP) is 4.16. The van der Waals surface area contributed by atoms with Gasteiger partial charge in [-0.3, -0.25) is 4.79 Å². The molecule has 4 rings (SSSR count). The van der Waals surface area contributed by atoms with E-state index in [4.69, 9.17) is 23.2 Å². The average molecular weight is 388 g/mol. The van der Waals surface area contributed by atoms with Crippen LogP contribution in [0.25, 0.3) is 11.4 Å². The number of tetrazole rings is 1. The second-order valence-electron chi connectivity index (χ2n) is 6.23. The van der Waals surface area contributed by atoms with E-state index >= 15 is 0 Å². The molecular formula is C18H15Cl2N5O. The van der Waals surface area contributed by atoms with Gasteiger partial charge in [-0.2, -0.15) is 0 Å². The van der Waals surface area contributed by atoms with E-state index in [0.717, 1.165) is 29.8 Å². The molecule has 8 heteroatoms. The van der Waals surface area contributed by atoms with Gasteiger partial charge >= 0.3 is 0 Å². The third-order valence-electron chi connectivity index (χ3n) is 4.16. The first-order chi connectivity index (χ1) is 12.6. The Labute approximate surface area is 160 Å². The Hall–Kier alpha value is -2.44. The summed E-state index contributed by atoms with van der Waals surface area (Å²) in [4.78, 5) is 12.2. The number of anilines is 1. The van der Waals surface area contributed by atoms with E-state index in [9.17, 15) is 4.79 Å². The number of benzene rings is 2. The number of rotatable bonds is 5. The number of nitrogens with one attached hydrogen (secondary N) is 1. The first-order valence-electron chi connectivity index (χ1n) is 8.22. The Morgan fingerprint density at radius 1 is 1.12 bits per heavy atom. The molecule has 1 N–H and O–H groups in total. The monoisotopic (exact) mass is 387 g/mol. The van der Waals surface area contributed by atoms with Crippen LogP contribution in [0.1, 0.15) is 24.4 Å². The second kappa shape index (κ2) is 7.05. The smallest absolute Gasteiger partial charge is 0.228 e. The molecule has 0 saturated heterocycles. The summed E-state index contributed by atoms with van der Waals surface area (Å²) in [6, 6.07) is 13.1. The van der Waals surface area contributed by atoms with Gasteiger partial charge in [0.05, 0.1) is 22.5 Å². The van der Waals surface area contributed by atoms with Crippen LogP contribution in [0, 0.1) is 0 Å². The van der Waals surface area contributed by atoms with Crippen LogP contribution < -0.4 is 5.32 Å². The summed E-state index contributed by atoms with van der Waals surface area (Å²) in [5, 5.41) is 15.7. The molecule has 1 amide bonds. The minimum Gasteiger partial charge on any atom is -0.326 e. The maximum absolute atomic E-state index is 12.2. The fourth-order valence-corrected chi connectivity index (χ4v) is 3.01. The van der Waals surface area contributed by atoms with Gasteiger partial charge in [0, 0.05) is 11.3 Å². The third kappa shape index (κ3) is 3.71. The number of carbonyl (C=O) groups is 1. The molecule has 0 spiro atoms. The van der Waals surface area contributed by atoms with Crippen LogP contribution >= 0.6 is 23.2 Å². The van der Waals surface area contributed by atoms with Crippen molar-refractivity contribution in [1.29, 1.82) is 0 Å². The Morgan fingerprint density at radius 2 is 1.88 bits per heavy atom. The molecule has 132 valence electrons. The zero-order valence-corrected chi connectivity index (χ0v) is 15.2. The van der Waals surface area contributed by atoms with Crippen LogP contribution in [0.3, 0.4) is 0 Å². The number of halogens is 2. The lowest BCUT2D eigenvalue weighted by Gasteiger charge is -2.07. The van der Waals surface area contributed by atoms with E-state index in [-0.39, 0.29) is 12.3 Å². The van der Waals surface area contributed by atoms with Gasteiger partial charge in [-0.25, -0.2) is 4.68 Å². The Balaban J connectivity index is 1.42. The average Bonchev–Trinajstić information content (AvgIpc) is 3.36. The quantitative estimate of drug-likeness (QED) is 0.712. The van der Waals surface area contributed by atoms with Crippen molar-refractivity contribution in [3.63, 3.8) is 0 Å². The standard InChI is InChI=1S/C18H15Cl2N5O/c19-15-8-1-11(9-16(15)20)10-17(26)21-13-4-2-12(3-5-13)18-22-23-24-25(18)14-6-7-14/h1-5,8-9,14H,6-7,10H2,(H,21,26). The molecule has 1 aromatic heterocycles. The molecule has 26 heavy (non-hydrogen) atoms. The third-order valence-corrected chi connectivity index (χ3v) is 4.90. The summed E-state index contributed by atoms with van der Waals surface area (Å²) < 4.78 is 1.86. The number of nitrogens with zero attached hydrogens (tertiary/aromatic N) is 4. The maximum atomic E-state index is 12.2. The highest BCUT2D eigenvalue weighted by Gasteiger charge is 2.28. The van der Waals surface area contributed by atoms with Crippen molar-refractivity contribution >= 4 is 34.8 Å². The van der Waals surface area contributed by atoms with Crippen molar-refractivity contribution in [3.8, 4) is 11.4 Å². The molecule has 2 aromatic carbocycles. The summed E-state index contributed by atoms with van der Waals surface area (Å²) in [5.41, 5.74) is 2.44. The van der Waals surface area contributed by atoms with Crippen LogP contribution in [-0.4, -0.2) is 26.1 Å². The van der Waals surface area contributed by atoms with Gasteiger partial charge in [-0.05, 0) is 65.2 Å². The molecule has 1 aliphatic rings. The summed E-state index contributed by atoms with van der Waals surface area (Å²) in [6.45, 7) is 0. The van der Waals surface area contributed by atoms with Gasteiger partial charge in [0.1, 0.15) is 0 Å². The second-order valence-corrected chi connectivity index (χ2v) is 7.04. The highest BCUT2D eigenvalue weighted by atomic mass is 35.5. The highest BCUT2D eigenvalue weighted by molar-refractivity contribution is 6.42. The Morgan fingerprint density at radius 3 is 2.58 bits per heavy atom. The van der Waals surface area contributed by atoms with Crippen molar-refractivity contribution in [2.75, 3.05) is 5.32 Å². The molecule has 1 heterocycles. The molecule has 1 aliphatic carbocycles. The lowest BCUT2D eigenvalue weighted by atomic mass is 10.1. The molecule has 1 fully saturated rings. The van der Waals surface area contributed by atoms with E-state index in [1.54, 1.807) is 18.2 Å². The normalized spacial score (nSPS) is 13.6. The van der Waals surface area contributed by atoms with Crippen molar-refractivity contribution in [1.82, 2.24) is 20.2 Å². The molecule has 0 bridgehead atoms. The molecule has 6 nitrogen and oxygen atoms in total. The predicted molar refractivity (Wildman–Crippen MR) is 100 cm³/mol. The van der Waals surface area contributed by atoms with Gasteiger partial charge in [-0.1, -0.05) is 29.3 Å². The molecule has 0 radical (unpaired) electrons. The summed E-state index contributed by atoms with van der Waals surface area (Å²) in [5.74, 6) is 0.625. The van der Waals surface area contributed by atoms with Crippen LogP contribution in [0.2, 0.25) is 10.0 Å². The summed E-state index contributed by atoms with van der Waals surface area (Å²) in [6.07, 6.45) is 2.44. The Kier molecular flexibility index (Phi) is 4.61. The molecule has 0 atom stereocenters.